The maximum absolute atomic E-state index is 13.9. The highest BCUT2D eigenvalue weighted by atomic mass is 32.2. The van der Waals surface area contributed by atoms with E-state index in [0.717, 1.165) is 34.6 Å². The molecule has 2 amide bonds. The average molecular weight is 625 g/mol. The van der Waals surface area contributed by atoms with E-state index in [0.29, 0.717) is 23.2 Å². The molecule has 0 bridgehead atoms. The fourth-order valence-corrected chi connectivity index (χ4v) is 6.10. The molecule has 2 atom stereocenters. The molecular formula is C31H28F4N6O2S. The number of nitrogens with zero attached hydrogens (tertiary/aromatic N) is 5. The molecule has 1 aromatic heterocycles. The number of aromatic nitrogens is 3. The highest BCUT2D eigenvalue weighted by molar-refractivity contribution is 8.14. The Balaban J connectivity index is 1.06. The second-order valence-electron chi connectivity index (χ2n) is 10.8. The number of nitrogens with one attached hydrogen (secondary N) is 1. The number of alkyl halides is 3. The number of rotatable bonds is 7. The third-order valence-corrected chi connectivity index (χ3v) is 8.36. The SMILES string of the molecule is CC(C)c1cc(F)ccc1N1CCS/C1=N\C(=O)NC1CC1c1ccc(-c2ncn(-c3ccc(OC(F)(F)F)cc3)n2)cc1. The molecule has 228 valence electrons. The molecule has 1 saturated carbocycles. The fourth-order valence-electron chi connectivity index (χ4n) is 5.15. The van der Waals surface area contributed by atoms with Crippen molar-refractivity contribution in [1.29, 1.82) is 0 Å². The van der Waals surface area contributed by atoms with Crippen LogP contribution in [0.5, 0.6) is 5.75 Å². The maximum Gasteiger partial charge on any atom is 0.573 e. The van der Waals surface area contributed by atoms with Crippen molar-refractivity contribution < 1.29 is 27.1 Å². The molecule has 2 unspecified atom stereocenters. The Morgan fingerprint density at radius 3 is 2.55 bits per heavy atom. The molecule has 1 aliphatic carbocycles. The number of aliphatic imine (C=N–C) groups is 1. The number of amides is 2. The predicted octanol–water partition coefficient (Wildman–Crippen LogP) is 7.27. The molecule has 8 nitrogen and oxygen atoms in total. The van der Waals surface area contributed by atoms with Crippen LogP contribution >= 0.6 is 11.8 Å². The van der Waals surface area contributed by atoms with Gasteiger partial charge in [-0.2, -0.15) is 4.99 Å². The third kappa shape index (κ3) is 6.72. The molecule has 1 N–H and O–H groups in total. The second-order valence-corrected chi connectivity index (χ2v) is 11.9. The molecule has 0 radical (unpaired) electrons. The number of benzene rings is 3. The van der Waals surface area contributed by atoms with E-state index in [1.54, 1.807) is 12.1 Å². The summed E-state index contributed by atoms with van der Waals surface area (Å²) in [7, 11) is 0. The number of hydrogen-bond acceptors (Lipinski definition) is 5. The Hall–Kier alpha value is -4.39. The van der Waals surface area contributed by atoms with Crippen molar-refractivity contribution in [3.8, 4) is 22.8 Å². The smallest absolute Gasteiger partial charge is 0.406 e. The number of carbonyl (C=O) groups is 1. The highest BCUT2D eigenvalue weighted by Gasteiger charge is 2.40. The lowest BCUT2D eigenvalue weighted by molar-refractivity contribution is -0.274. The number of thioether (sulfide) groups is 1. The molecule has 6 rings (SSSR count). The zero-order chi connectivity index (χ0) is 31.0. The Morgan fingerprint density at radius 2 is 1.84 bits per heavy atom. The number of carbonyl (C=O) groups excluding carboxylic acids is 1. The van der Waals surface area contributed by atoms with Crippen molar-refractivity contribution in [3.05, 3.63) is 90.0 Å². The number of urea groups is 1. The molecule has 2 heterocycles. The van der Waals surface area contributed by atoms with Crippen LogP contribution in [-0.2, 0) is 0 Å². The summed E-state index contributed by atoms with van der Waals surface area (Å²) in [6.45, 7) is 4.71. The van der Waals surface area contributed by atoms with E-state index in [1.807, 2.05) is 43.0 Å². The molecule has 1 aliphatic heterocycles. The van der Waals surface area contributed by atoms with E-state index in [9.17, 15) is 22.4 Å². The van der Waals surface area contributed by atoms with Gasteiger partial charge in [0.05, 0.1) is 5.69 Å². The van der Waals surface area contributed by atoms with Gasteiger partial charge in [0.1, 0.15) is 17.9 Å². The average Bonchev–Trinajstić information content (AvgIpc) is 3.33. The fraction of sp³-hybridized carbons (Fsp3) is 0.290. The number of halogens is 4. The first kappa shape index (κ1) is 29.7. The normalized spacial score (nSPS) is 19.1. The van der Waals surface area contributed by atoms with Gasteiger partial charge >= 0.3 is 12.4 Å². The van der Waals surface area contributed by atoms with Gasteiger partial charge in [0.25, 0.3) is 0 Å². The topological polar surface area (TPSA) is 84.6 Å². The molecule has 0 spiro atoms. The minimum absolute atomic E-state index is 0.0313. The summed E-state index contributed by atoms with van der Waals surface area (Å²) in [5.74, 6) is 0.928. The number of ether oxygens (including phenoxy) is 1. The summed E-state index contributed by atoms with van der Waals surface area (Å²) in [6.07, 6.45) is -2.47. The Kier molecular flexibility index (Phi) is 8.06. The molecule has 2 fully saturated rings. The predicted molar refractivity (Wildman–Crippen MR) is 161 cm³/mol. The van der Waals surface area contributed by atoms with Crippen LogP contribution in [0.1, 0.15) is 43.2 Å². The second kappa shape index (κ2) is 11.9. The first-order chi connectivity index (χ1) is 21.0. The maximum atomic E-state index is 13.9. The summed E-state index contributed by atoms with van der Waals surface area (Å²) >= 11 is 1.51. The standard InChI is InChI=1S/C31H28F4N6O2S/c1-18(2)24-15-21(32)7-12-27(24)40-13-14-44-30(40)38-29(42)37-26-16-25(26)19-3-5-20(6-4-19)28-36-17-41(39-28)22-8-10-23(11-9-22)43-31(33,34)35/h3-12,15,17-18,25-26H,13-14,16H2,1-2H3,(H,37,42)/b38-30-. The third-order valence-electron chi connectivity index (χ3n) is 7.40. The minimum atomic E-state index is -4.75. The first-order valence-electron chi connectivity index (χ1n) is 14.0. The zero-order valence-electron chi connectivity index (χ0n) is 23.8. The number of hydrogen-bond donors (Lipinski definition) is 1. The van der Waals surface area contributed by atoms with Crippen molar-refractivity contribution in [3.63, 3.8) is 0 Å². The van der Waals surface area contributed by atoms with Gasteiger partial charge in [-0.25, -0.2) is 18.9 Å². The molecule has 2 aliphatic rings. The summed E-state index contributed by atoms with van der Waals surface area (Å²) in [5, 5.41) is 8.05. The lowest BCUT2D eigenvalue weighted by atomic mass is 10.0. The summed E-state index contributed by atoms with van der Waals surface area (Å²) in [6, 6.07) is 17.4. The van der Waals surface area contributed by atoms with E-state index in [-0.39, 0.29) is 29.4 Å². The van der Waals surface area contributed by atoms with Crippen LogP contribution in [0.2, 0.25) is 0 Å². The van der Waals surface area contributed by atoms with Crippen molar-refractivity contribution in [1.82, 2.24) is 20.1 Å². The molecule has 13 heteroatoms. The van der Waals surface area contributed by atoms with E-state index in [2.05, 4.69) is 25.1 Å². The van der Waals surface area contributed by atoms with Crippen molar-refractivity contribution in [2.45, 2.75) is 44.5 Å². The summed E-state index contributed by atoms with van der Waals surface area (Å²) in [5.41, 5.74) is 4.12. The van der Waals surface area contributed by atoms with Crippen molar-refractivity contribution in [2.24, 2.45) is 4.99 Å². The Bertz CT molecular complexity index is 1690. The first-order valence-corrected chi connectivity index (χ1v) is 15.0. The molecule has 4 aromatic rings. The van der Waals surface area contributed by atoms with E-state index in [4.69, 9.17) is 0 Å². The van der Waals surface area contributed by atoms with Crippen molar-refractivity contribution in [2.75, 3.05) is 17.2 Å². The molecule has 3 aromatic carbocycles. The van der Waals surface area contributed by atoms with E-state index >= 15 is 0 Å². The van der Waals surface area contributed by atoms with Gasteiger partial charge in [-0.05, 0) is 65.9 Å². The Labute approximate surface area is 255 Å². The minimum Gasteiger partial charge on any atom is -0.406 e. The lowest BCUT2D eigenvalue weighted by Crippen LogP contribution is -2.29. The number of anilines is 1. The monoisotopic (exact) mass is 624 g/mol. The van der Waals surface area contributed by atoms with Gasteiger partial charge in [-0.3, -0.25) is 0 Å². The quantitative estimate of drug-likeness (QED) is 0.218. The molecule has 44 heavy (non-hydrogen) atoms. The van der Waals surface area contributed by atoms with Gasteiger partial charge in [0.15, 0.2) is 11.0 Å². The summed E-state index contributed by atoms with van der Waals surface area (Å²) in [4.78, 5) is 23.5. The highest BCUT2D eigenvalue weighted by Crippen LogP contribution is 2.41. The van der Waals surface area contributed by atoms with Crippen LogP contribution in [0.25, 0.3) is 17.1 Å². The van der Waals surface area contributed by atoms with Gasteiger partial charge in [0.2, 0.25) is 0 Å². The Morgan fingerprint density at radius 1 is 1.09 bits per heavy atom. The molecule has 1 saturated heterocycles. The van der Waals surface area contributed by atoms with E-state index in [1.165, 1.54) is 53.1 Å². The van der Waals surface area contributed by atoms with Crippen LogP contribution in [0, 0.1) is 5.82 Å². The molecular weight excluding hydrogens is 596 g/mol. The largest absolute Gasteiger partial charge is 0.573 e. The van der Waals surface area contributed by atoms with Crippen LogP contribution < -0.4 is 15.0 Å². The van der Waals surface area contributed by atoms with Gasteiger partial charge in [-0.15, -0.1) is 18.3 Å². The van der Waals surface area contributed by atoms with E-state index < -0.39 is 12.4 Å². The zero-order valence-corrected chi connectivity index (χ0v) is 24.6. The van der Waals surface area contributed by atoms with Crippen LogP contribution in [0.3, 0.4) is 0 Å². The summed E-state index contributed by atoms with van der Waals surface area (Å²) < 4.78 is 56.5. The van der Waals surface area contributed by atoms with Gasteiger partial charge < -0.3 is 15.0 Å². The lowest BCUT2D eigenvalue weighted by Gasteiger charge is -2.23. The number of amidine groups is 1. The van der Waals surface area contributed by atoms with Gasteiger partial charge in [-0.1, -0.05) is 49.9 Å². The van der Waals surface area contributed by atoms with Crippen molar-refractivity contribution >= 4 is 28.6 Å². The van der Waals surface area contributed by atoms with Gasteiger partial charge in [0, 0.05) is 35.5 Å². The van der Waals surface area contributed by atoms with Crippen LogP contribution in [0.15, 0.2) is 78.0 Å². The van der Waals surface area contributed by atoms with Crippen LogP contribution in [0.4, 0.5) is 28.0 Å². The van der Waals surface area contributed by atoms with Crippen LogP contribution in [-0.4, -0.2) is 50.7 Å².